The van der Waals surface area contributed by atoms with Crippen LogP contribution in [0.1, 0.15) is 103 Å². The molecule has 0 aromatic carbocycles. The lowest BCUT2D eigenvalue weighted by molar-refractivity contribution is -0.104. The van der Waals surface area contributed by atoms with Crippen molar-refractivity contribution in [2.75, 3.05) is 0 Å². The van der Waals surface area contributed by atoms with Crippen LogP contribution in [0.15, 0.2) is 24.2 Å². The van der Waals surface area contributed by atoms with Gasteiger partial charge in [-0.3, -0.25) is 4.79 Å². The number of allylic oxidation sites excluding steroid dienone is 1. The third-order valence-corrected chi connectivity index (χ3v) is 25.2. The monoisotopic (exact) mass is 668 g/mol. The SMILES string of the molecule is CC[Si](CC)(CC)O[C@H](C[C@H](/C=C\B1OC(C)(C)C(C)(C)O1)O[Si](C)(C)C(C)(C)C)[C@@](C)(/C=C/C=O)O[Si](CC)(CC)CC. The number of carbonyl (C=O) groups is 1. The first-order valence-electron chi connectivity index (χ1n) is 17.3. The van der Waals surface area contributed by atoms with Crippen LogP contribution in [0.5, 0.6) is 0 Å². The second-order valence-electron chi connectivity index (χ2n) is 15.5. The highest BCUT2D eigenvalue weighted by molar-refractivity contribution is 6.74. The third kappa shape index (κ3) is 10.3. The van der Waals surface area contributed by atoms with Crippen LogP contribution >= 0.6 is 0 Å². The maximum atomic E-state index is 11.8. The zero-order chi connectivity index (χ0) is 34.3. The lowest BCUT2D eigenvalue weighted by Gasteiger charge is -2.48. The van der Waals surface area contributed by atoms with E-state index in [1.807, 2.05) is 12.1 Å². The predicted octanol–water partition coefficient (Wildman–Crippen LogP) is 9.88. The van der Waals surface area contributed by atoms with Crippen LogP contribution in [0.2, 0.25) is 54.4 Å². The van der Waals surface area contributed by atoms with E-state index in [0.717, 1.165) is 42.6 Å². The summed E-state index contributed by atoms with van der Waals surface area (Å²) in [7, 11) is -6.83. The minimum Gasteiger partial charge on any atom is -0.411 e. The number of rotatable bonds is 19. The number of aldehydes is 1. The smallest absolute Gasteiger partial charge is 0.411 e. The average molecular weight is 669 g/mol. The molecule has 0 aromatic rings. The van der Waals surface area contributed by atoms with Gasteiger partial charge in [0.2, 0.25) is 0 Å². The normalized spacial score (nSPS) is 20.8. The van der Waals surface area contributed by atoms with Gasteiger partial charge in [-0.1, -0.05) is 74.4 Å². The Bertz CT molecular complexity index is 921. The molecule has 0 saturated carbocycles. The molecule has 0 unspecified atom stereocenters. The molecule has 10 heteroatoms. The van der Waals surface area contributed by atoms with Gasteiger partial charge in [0.1, 0.15) is 6.29 Å². The van der Waals surface area contributed by atoms with Crippen LogP contribution in [-0.2, 0) is 27.4 Å². The second-order valence-corrected chi connectivity index (χ2v) is 29.7. The Kier molecular flexibility index (Phi) is 15.3. The Hall–Kier alpha value is -0.334. The zero-order valence-electron chi connectivity index (χ0n) is 31.5. The molecule has 44 heavy (non-hydrogen) atoms. The highest BCUT2D eigenvalue weighted by Crippen LogP contribution is 2.42. The zero-order valence-corrected chi connectivity index (χ0v) is 34.5. The molecule has 6 nitrogen and oxygen atoms in total. The van der Waals surface area contributed by atoms with E-state index in [-0.39, 0.29) is 17.2 Å². The van der Waals surface area contributed by atoms with Crippen molar-refractivity contribution in [3.63, 3.8) is 0 Å². The quantitative estimate of drug-likeness (QED) is 0.0776. The van der Waals surface area contributed by atoms with Crippen molar-refractivity contribution in [2.45, 2.75) is 187 Å². The maximum Gasteiger partial charge on any atom is 0.486 e. The summed E-state index contributed by atoms with van der Waals surface area (Å²) in [6.07, 6.45) is 6.64. The van der Waals surface area contributed by atoms with E-state index >= 15 is 0 Å². The second kappa shape index (κ2) is 16.2. The molecule has 1 heterocycles. The first kappa shape index (κ1) is 41.7. The van der Waals surface area contributed by atoms with Gasteiger partial charge >= 0.3 is 7.12 Å². The fourth-order valence-corrected chi connectivity index (χ4v) is 13.0. The van der Waals surface area contributed by atoms with Gasteiger partial charge in [-0.2, -0.15) is 0 Å². The molecule has 1 aliphatic rings. The van der Waals surface area contributed by atoms with Crippen molar-refractivity contribution >= 4 is 38.4 Å². The van der Waals surface area contributed by atoms with Gasteiger partial charge in [-0.25, -0.2) is 0 Å². The molecule has 3 atom stereocenters. The highest BCUT2D eigenvalue weighted by atomic mass is 28.4. The van der Waals surface area contributed by atoms with Crippen LogP contribution in [-0.4, -0.2) is 67.4 Å². The molecule has 0 N–H and O–H groups in total. The van der Waals surface area contributed by atoms with Crippen molar-refractivity contribution in [2.24, 2.45) is 0 Å². The molecule has 0 aliphatic carbocycles. The minimum atomic E-state index is -2.19. The van der Waals surface area contributed by atoms with Crippen molar-refractivity contribution in [3.8, 4) is 0 Å². The lowest BCUT2D eigenvalue weighted by Crippen LogP contribution is -2.56. The fraction of sp³-hybridized carbons (Fsp3) is 0.853. The Morgan fingerprint density at radius 2 is 1.23 bits per heavy atom. The molecular weight excluding hydrogens is 599 g/mol. The summed E-state index contributed by atoms with van der Waals surface area (Å²) in [5.41, 5.74) is -1.61. The first-order valence-corrected chi connectivity index (χ1v) is 25.3. The summed E-state index contributed by atoms with van der Waals surface area (Å²) in [5, 5.41) is 0.0282. The minimum absolute atomic E-state index is 0.0282. The summed E-state index contributed by atoms with van der Waals surface area (Å²) in [5.74, 6) is 2.03. The van der Waals surface area contributed by atoms with Crippen LogP contribution in [0.4, 0.5) is 0 Å². The molecule has 1 rings (SSSR count). The topological polar surface area (TPSA) is 63.2 Å². The number of hydrogen-bond donors (Lipinski definition) is 0. The van der Waals surface area contributed by atoms with E-state index in [1.165, 1.54) is 0 Å². The first-order chi connectivity index (χ1) is 20.1. The lowest BCUT2D eigenvalue weighted by atomic mass is 9.87. The molecular formula is C34H69BO6Si3. The van der Waals surface area contributed by atoms with E-state index in [0.29, 0.717) is 6.42 Å². The standard InChI is InChI=1S/C34H69BO6Si3/c1-17-43(18-2,19-3)38-30(34(14,25-23-27-36)41-44(20-4,21-5)22-6)28-29(37-42(15,16)31(7,8)9)24-26-35-39-32(10,11)33(12,13)40-35/h23-27,29-30H,17-22,28H2,1-16H3/b25-23+,26-24-/t29-,30+,34+/m0/s1. The molecule has 1 aliphatic heterocycles. The van der Waals surface area contributed by atoms with Crippen LogP contribution < -0.4 is 0 Å². The summed E-state index contributed by atoms with van der Waals surface area (Å²) in [4.78, 5) is 11.8. The van der Waals surface area contributed by atoms with Gasteiger partial charge in [0.25, 0.3) is 0 Å². The van der Waals surface area contributed by atoms with Crippen LogP contribution in [0, 0.1) is 0 Å². The van der Waals surface area contributed by atoms with Crippen molar-refractivity contribution in [3.05, 3.63) is 24.2 Å². The van der Waals surface area contributed by atoms with E-state index in [1.54, 1.807) is 6.08 Å². The van der Waals surface area contributed by atoms with E-state index < -0.39 is 48.9 Å². The van der Waals surface area contributed by atoms with Gasteiger partial charge in [0.15, 0.2) is 25.0 Å². The highest BCUT2D eigenvalue weighted by Gasteiger charge is 2.51. The van der Waals surface area contributed by atoms with Crippen molar-refractivity contribution < 1.29 is 27.4 Å². The Labute approximate surface area is 276 Å². The van der Waals surface area contributed by atoms with Gasteiger partial charge in [0, 0.05) is 6.42 Å². The largest absolute Gasteiger partial charge is 0.486 e. The molecule has 0 amide bonds. The van der Waals surface area contributed by atoms with Gasteiger partial charge in [-0.15, -0.1) is 0 Å². The van der Waals surface area contributed by atoms with E-state index in [9.17, 15) is 4.79 Å². The summed E-state index contributed by atoms with van der Waals surface area (Å²) < 4.78 is 34.5. The molecule has 0 spiro atoms. The van der Waals surface area contributed by atoms with Crippen molar-refractivity contribution in [1.82, 2.24) is 0 Å². The molecule has 1 fully saturated rings. The summed E-state index contributed by atoms with van der Waals surface area (Å²) >= 11 is 0. The number of hydrogen-bond acceptors (Lipinski definition) is 6. The fourth-order valence-electron chi connectivity index (χ4n) is 5.69. The number of carbonyl (C=O) groups excluding carboxylic acids is 1. The summed E-state index contributed by atoms with van der Waals surface area (Å²) in [6, 6.07) is 6.13. The molecule has 256 valence electrons. The Balaban J connectivity index is 3.80. The third-order valence-electron chi connectivity index (χ3n) is 11.3. The van der Waals surface area contributed by atoms with Gasteiger partial charge < -0.3 is 22.6 Å². The average Bonchev–Trinajstić information content (AvgIpc) is 3.16. The Morgan fingerprint density at radius 1 is 0.773 bits per heavy atom. The molecule has 0 aromatic heterocycles. The predicted molar refractivity (Wildman–Crippen MR) is 196 cm³/mol. The summed E-state index contributed by atoms with van der Waals surface area (Å²) in [6.45, 7) is 35.4. The van der Waals surface area contributed by atoms with E-state index in [2.05, 4.69) is 116 Å². The van der Waals surface area contributed by atoms with E-state index in [4.69, 9.17) is 22.6 Å². The van der Waals surface area contributed by atoms with Crippen molar-refractivity contribution in [1.29, 1.82) is 0 Å². The van der Waals surface area contributed by atoms with Crippen LogP contribution in [0.3, 0.4) is 0 Å². The van der Waals surface area contributed by atoms with Gasteiger partial charge in [-0.05, 0) is 101 Å². The van der Waals surface area contributed by atoms with Gasteiger partial charge in [0.05, 0.1) is 29.0 Å². The molecule has 0 bridgehead atoms. The maximum absolute atomic E-state index is 11.8. The Morgan fingerprint density at radius 3 is 1.61 bits per heavy atom. The van der Waals surface area contributed by atoms with Crippen LogP contribution in [0.25, 0.3) is 0 Å². The molecule has 1 saturated heterocycles. The molecule has 0 radical (unpaired) electrons.